The minimum atomic E-state index is 0.201. The van der Waals surface area contributed by atoms with Crippen LogP contribution in [0.1, 0.15) is 94.2 Å². The average molecular weight is 481 g/mol. The van der Waals surface area contributed by atoms with Crippen LogP contribution in [0.4, 0.5) is 0 Å². The molecule has 0 aliphatic rings. The summed E-state index contributed by atoms with van der Waals surface area (Å²) in [7, 11) is 0. The van der Waals surface area contributed by atoms with Crippen molar-refractivity contribution in [2.75, 3.05) is 0 Å². The maximum Gasteiger partial charge on any atom is 0.114 e. The van der Waals surface area contributed by atoms with Crippen LogP contribution < -0.4 is 0 Å². The van der Waals surface area contributed by atoms with E-state index in [1.165, 1.54) is 0 Å². The SMILES string of the molecule is Cc1ccc(C(CC(C)(C)C)c2ccc(C)o2)o1.Cc1ccc(CC(C)(C)C)o1.Cc1ccco1. The van der Waals surface area contributed by atoms with Crippen molar-refractivity contribution >= 4 is 0 Å². The minimum Gasteiger partial charge on any atom is -0.470 e. The normalized spacial score (nSPS) is 11.6. The van der Waals surface area contributed by atoms with E-state index >= 15 is 0 Å². The van der Waals surface area contributed by atoms with E-state index in [1.807, 2.05) is 58.0 Å². The van der Waals surface area contributed by atoms with Gasteiger partial charge in [-0.25, -0.2) is 0 Å². The van der Waals surface area contributed by atoms with Crippen LogP contribution >= 0.6 is 0 Å². The van der Waals surface area contributed by atoms with Crippen LogP contribution in [0, 0.1) is 38.5 Å². The van der Waals surface area contributed by atoms with Crippen LogP contribution in [-0.2, 0) is 6.42 Å². The third kappa shape index (κ3) is 10.9. The third-order valence-electron chi connectivity index (χ3n) is 5.19. The van der Waals surface area contributed by atoms with Crippen molar-refractivity contribution in [1.29, 1.82) is 0 Å². The summed E-state index contributed by atoms with van der Waals surface area (Å²) in [5.74, 6) is 7.16. The van der Waals surface area contributed by atoms with Crippen molar-refractivity contribution in [1.82, 2.24) is 0 Å². The van der Waals surface area contributed by atoms with Gasteiger partial charge in [-0.3, -0.25) is 0 Å². The fourth-order valence-electron chi connectivity index (χ4n) is 3.70. The Balaban J connectivity index is 0.000000214. The first-order chi connectivity index (χ1) is 16.2. The maximum absolute atomic E-state index is 5.80. The van der Waals surface area contributed by atoms with Gasteiger partial charge in [0, 0.05) is 6.42 Å². The average Bonchev–Trinajstić information content (AvgIpc) is 3.50. The summed E-state index contributed by atoms with van der Waals surface area (Å²) in [5, 5.41) is 0. The summed E-state index contributed by atoms with van der Waals surface area (Å²) in [6.45, 7) is 21.2. The molecule has 0 saturated heterocycles. The van der Waals surface area contributed by atoms with Gasteiger partial charge in [-0.15, -0.1) is 0 Å². The standard InChI is InChI=1S/C16H22O2.C10H16O.C5H6O/c1-11-6-8-14(17-11)13(10-16(3,4)5)15-9-7-12(2)18-15;1-8-5-6-9(11-8)7-10(2,3)4;1-5-3-2-4-6-5/h6-9,13H,10H2,1-5H3;5-6H,7H2,1-4H3;2-4H,1H3. The summed E-state index contributed by atoms with van der Waals surface area (Å²) in [6, 6.07) is 16.0. The zero-order chi connectivity index (χ0) is 26.2. The molecule has 0 aromatic carbocycles. The van der Waals surface area contributed by atoms with Gasteiger partial charge in [0.05, 0.1) is 12.2 Å². The Morgan fingerprint density at radius 2 is 1.11 bits per heavy atom. The zero-order valence-corrected chi connectivity index (χ0v) is 23.3. The van der Waals surface area contributed by atoms with Crippen molar-refractivity contribution in [3.05, 3.63) is 95.1 Å². The minimum absolute atomic E-state index is 0.201. The first kappa shape index (κ1) is 28.4. The summed E-state index contributed by atoms with van der Waals surface area (Å²) < 4.78 is 21.9. The monoisotopic (exact) mass is 480 g/mol. The Hall–Kier alpha value is -2.88. The molecule has 4 aromatic heterocycles. The van der Waals surface area contributed by atoms with Crippen LogP contribution in [0.25, 0.3) is 0 Å². The second-order valence-corrected chi connectivity index (χ2v) is 11.7. The Kier molecular flexibility index (Phi) is 9.88. The van der Waals surface area contributed by atoms with Gasteiger partial charge in [0.25, 0.3) is 0 Å². The van der Waals surface area contributed by atoms with E-state index in [2.05, 4.69) is 59.7 Å². The molecular weight excluding hydrogens is 436 g/mol. The molecule has 4 aromatic rings. The van der Waals surface area contributed by atoms with Crippen molar-refractivity contribution in [3.8, 4) is 0 Å². The van der Waals surface area contributed by atoms with Crippen LogP contribution in [-0.4, -0.2) is 0 Å². The highest BCUT2D eigenvalue weighted by Gasteiger charge is 2.26. The summed E-state index contributed by atoms with van der Waals surface area (Å²) >= 11 is 0. The zero-order valence-electron chi connectivity index (χ0n) is 23.3. The number of hydrogen-bond donors (Lipinski definition) is 0. The molecule has 0 radical (unpaired) electrons. The Labute approximate surface area is 211 Å². The fourth-order valence-corrected chi connectivity index (χ4v) is 3.70. The molecule has 0 fully saturated rings. The molecule has 0 unspecified atom stereocenters. The number of aryl methyl sites for hydroxylation is 4. The van der Waals surface area contributed by atoms with Crippen LogP contribution in [0.3, 0.4) is 0 Å². The van der Waals surface area contributed by atoms with Crippen LogP contribution in [0.15, 0.2) is 72.5 Å². The summed E-state index contributed by atoms with van der Waals surface area (Å²) in [5.41, 5.74) is 0.552. The molecule has 0 N–H and O–H groups in total. The van der Waals surface area contributed by atoms with E-state index in [0.29, 0.717) is 5.41 Å². The molecule has 0 aliphatic heterocycles. The quantitative estimate of drug-likeness (QED) is 0.292. The lowest BCUT2D eigenvalue weighted by Gasteiger charge is -2.23. The number of rotatable bonds is 4. The smallest absolute Gasteiger partial charge is 0.114 e. The van der Waals surface area contributed by atoms with Crippen molar-refractivity contribution in [2.24, 2.45) is 10.8 Å². The summed E-state index contributed by atoms with van der Waals surface area (Å²) in [6.07, 6.45) is 3.68. The molecule has 0 saturated carbocycles. The molecule has 192 valence electrons. The van der Waals surface area contributed by atoms with Gasteiger partial charge in [0.2, 0.25) is 0 Å². The first-order valence-electron chi connectivity index (χ1n) is 12.4. The van der Waals surface area contributed by atoms with Crippen LogP contribution in [0.2, 0.25) is 0 Å². The van der Waals surface area contributed by atoms with E-state index in [4.69, 9.17) is 17.7 Å². The van der Waals surface area contributed by atoms with Crippen molar-refractivity contribution in [3.63, 3.8) is 0 Å². The van der Waals surface area contributed by atoms with E-state index in [0.717, 1.165) is 53.2 Å². The highest BCUT2D eigenvalue weighted by Crippen LogP contribution is 2.37. The Bertz CT molecular complexity index is 1070. The molecule has 0 spiro atoms. The predicted octanol–water partition coefficient (Wildman–Crippen LogP) is 9.82. The van der Waals surface area contributed by atoms with Crippen molar-refractivity contribution in [2.45, 2.75) is 88.0 Å². The molecule has 35 heavy (non-hydrogen) atoms. The van der Waals surface area contributed by atoms with Gasteiger partial charge in [0.15, 0.2) is 0 Å². The lowest BCUT2D eigenvalue weighted by Crippen LogP contribution is -2.12. The predicted molar refractivity (Wildman–Crippen MR) is 143 cm³/mol. The Morgan fingerprint density at radius 1 is 0.600 bits per heavy atom. The van der Waals surface area contributed by atoms with E-state index in [-0.39, 0.29) is 11.3 Å². The third-order valence-corrected chi connectivity index (χ3v) is 5.19. The van der Waals surface area contributed by atoms with Gasteiger partial charge in [-0.05, 0) is 93.5 Å². The van der Waals surface area contributed by atoms with E-state index in [9.17, 15) is 0 Å². The van der Waals surface area contributed by atoms with Gasteiger partial charge in [-0.1, -0.05) is 41.5 Å². The molecular formula is C31H44O4. The number of furan rings is 4. The molecule has 4 rings (SSSR count). The van der Waals surface area contributed by atoms with E-state index < -0.39 is 0 Å². The molecule has 0 amide bonds. The fraction of sp³-hybridized carbons (Fsp3) is 0.484. The lowest BCUT2D eigenvalue weighted by molar-refractivity contribution is 0.305. The second kappa shape index (κ2) is 12.2. The van der Waals surface area contributed by atoms with E-state index in [1.54, 1.807) is 6.26 Å². The second-order valence-electron chi connectivity index (χ2n) is 11.7. The largest absolute Gasteiger partial charge is 0.470 e. The highest BCUT2D eigenvalue weighted by atomic mass is 16.4. The maximum atomic E-state index is 5.80. The topological polar surface area (TPSA) is 52.6 Å². The van der Waals surface area contributed by atoms with Gasteiger partial charge in [0.1, 0.15) is 40.3 Å². The lowest BCUT2D eigenvalue weighted by atomic mass is 9.82. The first-order valence-corrected chi connectivity index (χ1v) is 12.4. The van der Waals surface area contributed by atoms with Gasteiger partial charge < -0.3 is 17.7 Å². The molecule has 0 atom stereocenters. The molecule has 0 aliphatic carbocycles. The van der Waals surface area contributed by atoms with Gasteiger partial charge in [-0.2, -0.15) is 0 Å². The number of hydrogen-bond acceptors (Lipinski definition) is 4. The molecule has 4 heterocycles. The Morgan fingerprint density at radius 3 is 1.40 bits per heavy atom. The molecule has 0 bridgehead atoms. The molecule has 4 nitrogen and oxygen atoms in total. The van der Waals surface area contributed by atoms with Gasteiger partial charge >= 0.3 is 0 Å². The summed E-state index contributed by atoms with van der Waals surface area (Å²) in [4.78, 5) is 0. The van der Waals surface area contributed by atoms with Crippen molar-refractivity contribution < 1.29 is 17.7 Å². The molecule has 4 heteroatoms. The van der Waals surface area contributed by atoms with Crippen LogP contribution in [0.5, 0.6) is 0 Å². The highest BCUT2D eigenvalue weighted by molar-refractivity contribution is 5.22.